The number of hydrogen-bond acceptors (Lipinski definition) is 3. The predicted molar refractivity (Wildman–Crippen MR) is 90.7 cm³/mol. The topological polar surface area (TPSA) is 42.4 Å². The smallest absolute Gasteiger partial charge is 0.420 e. The number of hydrogen-bond donors (Lipinski definition) is 0. The lowest BCUT2D eigenvalue weighted by Crippen LogP contribution is -2.29. The zero-order valence-electron chi connectivity index (χ0n) is 13.2. The molecule has 0 aliphatic heterocycles. The summed E-state index contributed by atoms with van der Waals surface area (Å²) in [7, 11) is 0. The summed E-state index contributed by atoms with van der Waals surface area (Å²) in [6.07, 6.45) is 7.41. The van der Waals surface area contributed by atoms with Gasteiger partial charge in [-0.25, -0.2) is 14.7 Å². The molecule has 0 saturated heterocycles. The molecule has 1 fully saturated rings. The van der Waals surface area contributed by atoms with Crippen LogP contribution in [0.25, 0.3) is 0 Å². The van der Waals surface area contributed by atoms with Gasteiger partial charge in [0.25, 0.3) is 0 Å². The van der Waals surface area contributed by atoms with Gasteiger partial charge in [-0.15, -0.1) is 0 Å². The van der Waals surface area contributed by atoms with Crippen molar-refractivity contribution in [1.29, 1.82) is 0 Å². The first-order valence-electron chi connectivity index (χ1n) is 8.27. The molecule has 1 aromatic carbocycles. The normalized spacial score (nSPS) is 15.1. The molecule has 0 spiro atoms. The molecular formula is C19H22N2O2. The van der Waals surface area contributed by atoms with E-state index >= 15 is 0 Å². The first-order valence-corrected chi connectivity index (χ1v) is 8.27. The van der Waals surface area contributed by atoms with Crippen LogP contribution in [0.5, 0.6) is 0 Å². The van der Waals surface area contributed by atoms with Crippen LogP contribution in [0.1, 0.15) is 32.1 Å². The van der Waals surface area contributed by atoms with Crippen molar-refractivity contribution in [3.05, 3.63) is 54.7 Å². The molecule has 23 heavy (non-hydrogen) atoms. The number of para-hydroxylation sites is 1. The molecule has 2 aromatic rings. The number of carbonyl (C=O) groups excluding carboxylic acids is 1. The molecule has 0 unspecified atom stereocenters. The fourth-order valence-electron chi connectivity index (χ4n) is 3.00. The second kappa shape index (κ2) is 7.77. The second-order valence-corrected chi connectivity index (χ2v) is 5.94. The maximum absolute atomic E-state index is 12.7. The van der Waals surface area contributed by atoms with Crippen LogP contribution in [0.3, 0.4) is 0 Å². The van der Waals surface area contributed by atoms with Crippen molar-refractivity contribution in [2.45, 2.75) is 32.1 Å². The molecule has 1 saturated carbocycles. The van der Waals surface area contributed by atoms with E-state index in [1.54, 1.807) is 6.20 Å². The molecule has 4 heteroatoms. The molecule has 120 valence electrons. The van der Waals surface area contributed by atoms with Crippen molar-refractivity contribution in [2.75, 3.05) is 11.5 Å². The number of anilines is 2. The molecule has 3 rings (SSSR count). The Balaban J connectivity index is 1.74. The number of nitrogens with zero attached hydrogens (tertiary/aromatic N) is 2. The summed E-state index contributed by atoms with van der Waals surface area (Å²) in [5.74, 6) is 1.07. The molecule has 4 nitrogen and oxygen atoms in total. The summed E-state index contributed by atoms with van der Waals surface area (Å²) < 4.78 is 5.60. The highest BCUT2D eigenvalue weighted by atomic mass is 16.6. The van der Waals surface area contributed by atoms with E-state index in [-0.39, 0.29) is 6.09 Å². The highest BCUT2D eigenvalue weighted by molar-refractivity contribution is 5.94. The number of rotatable bonds is 4. The first-order chi connectivity index (χ1) is 11.3. The summed E-state index contributed by atoms with van der Waals surface area (Å²) in [6.45, 7) is 0.495. The number of pyridine rings is 1. The van der Waals surface area contributed by atoms with E-state index in [4.69, 9.17) is 4.74 Å². The van der Waals surface area contributed by atoms with Gasteiger partial charge in [-0.3, -0.25) is 0 Å². The van der Waals surface area contributed by atoms with E-state index in [1.807, 2.05) is 48.5 Å². The van der Waals surface area contributed by atoms with Gasteiger partial charge in [-0.05, 0) is 43.0 Å². The molecule has 1 aliphatic rings. The number of carbonyl (C=O) groups is 1. The van der Waals surface area contributed by atoms with Crippen molar-refractivity contribution in [3.8, 4) is 0 Å². The summed E-state index contributed by atoms with van der Waals surface area (Å²) in [4.78, 5) is 18.5. The second-order valence-electron chi connectivity index (χ2n) is 5.94. The standard InChI is InChI=1S/C19H22N2O2/c22-19(23-15-16-9-3-1-4-10-16)21(17-11-5-2-6-12-17)18-13-7-8-14-20-18/h2,5-8,11-14,16H,1,3-4,9-10,15H2. The third-order valence-corrected chi connectivity index (χ3v) is 4.24. The van der Waals surface area contributed by atoms with Gasteiger partial charge in [0.15, 0.2) is 0 Å². The number of benzene rings is 1. The van der Waals surface area contributed by atoms with E-state index in [1.165, 1.54) is 24.2 Å². The first kappa shape index (κ1) is 15.5. The van der Waals surface area contributed by atoms with E-state index in [0.717, 1.165) is 18.5 Å². The Morgan fingerprint density at radius 1 is 1.04 bits per heavy atom. The van der Waals surface area contributed by atoms with Gasteiger partial charge in [0.1, 0.15) is 5.82 Å². The molecule has 1 amide bonds. The van der Waals surface area contributed by atoms with Gasteiger partial charge >= 0.3 is 6.09 Å². The molecular weight excluding hydrogens is 288 g/mol. The maximum Gasteiger partial charge on any atom is 0.420 e. The summed E-state index contributed by atoms with van der Waals surface area (Å²) in [5.41, 5.74) is 0.764. The summed E-state index contributed by atoms with van der Waals surface area (Å²) >= 11 is 0. The average Bonchev–Trinajstić information content (AvgIpc) is 2.63. The maximum atomic E-state index is 12.7. The zero-order chi connectivity index (χ0) is 15.9. The minimum Gasteiger partial charge on any atom is -0.449 e. The number of aromatic nitrogens is 1. The van der Waals surface area contributed by atoms with Gasteiger partial charge in [0.05, 0.1) is 12.3 Å². The van der Waals surface area contributed by atoms with Crippen LogP contribution in [-0.4, -0.2) is 17.7 Å². The Morgan fingerprint density at radius 3 is 2.48 bits per heavy atom. The lowest BCUT2D eigenvalue weighted by molar-refractivity contribution is 0.124. The zero-order valence-corrected chi connectivity index (χ0v) is 13.2. The number of ether oxygens (including phenoxy) is 1. The van der Waals surface area contributed by atoms with Crippen LogP contribution in [0.4, 0.5) is 16.3 Å². The van der Waals surface area contributed by atoms with Crippen LogP contribution < -0.4 is 4.90 Å². The Hall–Kier alpha value is -2.36. The third kappa shape index (κ3) is 4.09. The van der Waals surface area contributed by atoms with Crippen molar-refractivity contribution >= 4 is 17.6 Å². The van der Waals surface area contributed by atoms with Gasteiger partial charge in [-0.1, -0.05) is 43.5 Å². The fourth-order valence-corrected chi connectivity index (χ4v) is 3.00. The highest BCUT2D eigenvalue weighted by Gasteiger charge is 2.22. The third-order valence-electron chi connectivity index (χ3n) is 4.24. The Bertz CT molecular complexity index is 570. The Morgan fingerprint density at radius 2 is 1.78 bits per heavy atom. The van der Waals surface area contributed by atoms with Crippen LogP contribution in [0.15, 0.2) is 54.7 Å². The quantitative estimate of drug-likeness (QED) is 0.803. The van der Waals surface area contributed by atoms with E-state index in [2.05, 4.69) is 4.98 Å². The van der Waals surface area contributed by atoms with E-state index < -0.39 is 0 Å². The predicted octanol–water partition coefficient (Wildman–Crippen LogP) is 4.94. The Labute approximate surface area is 137 Å². The molecule has 1 aromatic heterocycles. The van der Waals surface area contributed by atoms with Gasteiger partial charge < -0.3 is 4.74 Å². The Kier molecular flexibility index (Phi) is 5.25. The lowest BCUT2D eigenvalue weighted by atomic mass is 9.90. The van der Waals surface area contributed by atoms with Crippen molar-refractivity contribution in [1.82, 2.24) is 4.98 Å². The van der Waals surface area contributed by atoms with Gasteiger partial charge in [0.2, 0.25) is 0 Å². The SMILES string of the molecule is O=C(OCC1CCCCC1)N(c1ccccc1)c1ccccn1. The molecule has 0 bridgehead atoms. The minimum atomic E-state index is -0.361. The molecule has 0 radical (unpaired) electrons. The van der Waals surface area contributed by atoms with Crippen molar-refractivity contribution < 1.29 is 9.53 Å². The molecule has 1 heterocycles. The summed E-state index contributed by atoms with van der Waals surface area (Å²) in [6, 6.07) is 15.0. The van der Waals surface area contributed by atoms with Crippen LogP contribution in [0.2, 0.25) is 0 Å². The summed E-state index contributed by atoms with van der Waals surface area (Å²) in [5, 5.41) is 0. The van der Waals surface area contributed by atoms with E-state index in [0.29, 0.717) is 18.3 Å². The van der Waals surface area contributed by atoms with Crippen LogP contribution >= 0.6 is 0 Å². The molecule has 0 N–H and O–H groups in total. The van der Waals surface area contributed by atoms with Crippen molar-refractivity contribution in [3.63, 3.8) is 0 Å². The largest absolute Gasteiger partial charge is 0.449 e. The minimum absolute atomic E-state index is 0.361. The lowest BCUT2D eigenvalue weighted by Gasteiger charge is -2.25. The van der Waals surface area contributed by atoms with Gasteiger partial charge in [0, 0.05) is 6.20 Å². The van der Waals surface area contributed by atoms with E-state index in [9.17, 15) is 4.79 Å². The van der Waals surface area contributed by atoms with Crippen LogP contribution in [0, 0.1) is 5.92 Å². The van der Waals surface area contributed by atoms with Crippen molar-refractivity contribution in [2.24, 2.45) is 5.92 Å². The molecule has 0 atom stereocenters. The molecule has 1 aliphatic carbocycles. The average molecular weight is 310 g/mol. The monoisotopic (exact) mass is 310 g/mol. The number of amides is 1. The fraction of sp³-hybridized carbons (Fsp3) is 0.368. The van der Waals surface area contributed by atoms with Gasteiger partial charge in [-0.2, -0.15) is 0 Å². The van der Waals surface area contributed by atoms with Crippen LogP contribution in [-0.2, 0) is 4.74 Å². The highest BCUT2D eigenvalue weighted by Crippen LogP contribution is 2.26.